The molecule has 0 bridgehead atoms. The molecule has 1 aromatic carbocycles. The van der Waals surface area contributed by atoms with E-state index >= 15 is 0 Å². The Morgan fingerprint density at radius 1 is 1.26 bits per heavy atom. The van der Waals surface area contributed by atoms with Crippen molar-refractivity contribution < 1.29 is 9.59 Å². The molecule has 0 heterocycles. The summed E-state index contributed by atoms with van der Waals surface area (Å²) in [4.78, 5) is 23.8. The summed E-state index contributed by atoms with van der Waals surface area (Å²) in [6.45, 7) is 7.72. The van der Waals surface area contributed by atoms with Gasteiger partial charge in [-0.3, -0.25) is 9.59 Å². The molecular formula is C17H26ClN3O2. The van der Waals surface area contributed by atoms with Gasteiger partial charge in [0.05, 0.1) is 18.0 Å². The van der Waals surface area contributed by atoms with E-state index in [9.17, 15) is 9.59 Å². The van der Waals surface area contributed by atoms with Gasteiger partial charge in [0.25, 0.3) is 0 Å². The smallest absolute Gasteiger partial charge is 0.222 e. The van der Waals surface area contributed by atoms with Crippen molar-refractivity contribution in [2.24, 2.45) is 11.7 Å². The molecule has 0 aromatic heterocycles. The summed E-state index contributed by atoms with van der Waals surface area (Å²) in [5, 5.41) is 6.40. The predicted molar refractivity (Wildman–Crippen MR) is 93.1 cm³/mol. The summed E-state index contributed by atoms with van der Waals surface area (Å²) >= 11 is 5.89. The van der Waals surface area contributed by atoms with Crippen molar-refractivity contribution >= 4 is 23.4 Å². The molecule has 23 heavy (non-hydrogen) atoms. The van der Waals surface area contributed by atoms with Crippen molar-refractivity contribution in [1.29, 1.82) is 0 Å². The van der Waals surface area contributed by atoms with E-state index in [-0.39, 0.29) is 24.2 Å². The van der Waals surface area contributed by atoms with Crippen molar-refractivity contribution in [2.75, 3.05) is 6.54 Å². The van der Waals surface area contributed by atoms with Crippen molar-refractivity contribution in [3.63, 3.8) is 0 Å². The number of amides is 2. The van der Waals surface area contributed by atoms with Crippen LogP contribution in [-0.2, 0) is 9.59 Å². The van der Waals surface area contributed by atoms with Gasteiger partial charge in [0.2, 0.25) is 11.8 Å². The van der Waals surface area contributed by atoms with Crippen LogP contribution in [0, 0.1) is 5.92 Å². The van der Waals surface area contributed by atoms with E-state index in [1.165, 1.54) is 6.92 Å². The van der Waals surface area contributed by atoms with Gasteiger partial charge in [-0.25, -0.2) is 0 Å². The maximum absolute atomic E-state index is 12.4. The van der Waals surface area contributed by atoms with Gasteiger partial charge in [-0.15, -0.1) is 0 Å². The van der Waals surface area contributed by atoms with Crippen molar-refractivity contribution in [1.82, 2.24) is 10.6 Å². The Labute approximate surface area is 143 Å². The number of benzene rings is 1. The normalized spacial score (nSPS) is 14.9. The molecule has 0 aliphatic rings. The lowest BCUT2D eigenvalue weighted by atomic mass is 9.88. The van der Waals surface area contributed by atoms with Gasteiger partial charge in [-0.1, -0.05) is 37.6 Å². The summed E-state index contributed by atoms with van der Waals surface area (Å²) in [5.74, 6) is -0.144. The van der Waals surface area contributed by atoms with Crippen molar-refractivity contribution in [3.05, 3.63) is 34.9 Å². The topological polar surface area (TPSA) is 84.2 Å². The van der Waals surface area contributed by atoms with Crippen LogP contribution in [0.1, 0.15) is 45.7 Å². The van der Waals surface area contributed by atoms with Crippen LogP contribution in [0.5, 0.6) is 0 Å². The van der Waals surface area contributed by atoms with Gasteiger partial charge in [-0.2, -0.15) is 0 Å². The first-order valence-corrected chi connectivity index (χ1v) is 8.09. The zero-order valence-electron chi connectivity index (χ0n) is 14.2. The second-order valence-corrected chi connectivity index (χ2v) is 6.77. The Bertz CT molecular complexity index is 545. The molecule has 4 N–H and O–H groups in total. The second kappa shape index (κ2) is 8.31. The fraction of sp³-hybridized carbons (Fsp3) is 0.529. The van der Waals surface area contributed by atoms with Gasteiger partial charge in [0.15, 0.2) is 0 Å². The first-order chi connectivity index (χ1) is 10.7. The molecule has 0 fully saturated rings. The highest BCUT2D eigenvalue weighted by molar-refractivity contribution is 6.30. The number of hydrogen-bond donors (Lipinski definition) is 3. The van der Waals surface area contributed by atoms with Crippen LogP contribution in [0.4, 0.5) is 0 Å². The van der Waals surface area contributed by atoms with Gasteiger partial charge in [0.1, 0.15) is 0 Å². The molecule has 0 aliphatic heterocycles. The minimum absolute atomic E-state index is 0.142. The third-order valence-electron chi connectivity index (χ3n) is 4.16. The number of carbonyl (C=O) groups is 2. The number of nitrogens with two attached hydrogens (primary N) is 1. The van der Waals surface area contributed by atoms with E-state index in [0.717, 1.165) is 5.56 Å². The molecule has 0 aliphatic carbocycles. The molecule has 0 saturated heterocycles. The molecule has 0 saturated carbocycles. The molecular weight excluding hydrogens is 314 g/mol. The number of halogens is 1. The first kappa shape index (κ1) is 19.5. The monoisotopic (exact) mass is 339 g/mol. The third-order valence-corrected chi connectivity index (χ3v) is 4.41. The fourth-order valence-corrected chi connectivity index (χ4v) is 2.30. The van der Waals surface area contributed by atoms with Crippen LogP contribution in [0.15, 0.2) is 24.3 Å². The Balaban J connectivity index is 2.87. The van der Waals surface area contributed by atoms with Gasteiger partial charge in [-0.05, 0) is 30.5 Å². The van der Waals surface area contributed by atoms with E-state index in [1.54, 1.807) is 24.3 Å². The summed E-state index contributed by atoms with van der Waals surface area (Å²) in [7, 11) is 0. The average molecular weight is 340 g/mol. The molecule has 5 nitrogen and oxygen atoms in total. The molecule has 1 aromatic rings. The van der Waals surface area contributed by atoms with Gasteiger partial charge < -0.3 is 16.4 Å². The van der Waals surface area contributed by atoms with E-state index in [2.05, 4.69) is 10.6 Å². The molecule has 2 atom stereocenters. The van der Waals surface area contributed by atoms with Gasteiger partial charge >= 0.3 is 0 Å². The van der Waals surface area contributed by atoms with E-state index in [4.69, 9.17) is 17.3 Å². The third kappa shape index (κ3) is 5.84. The Hall–Kier alpha value is -1.59. The Morgan fingerprint density at radius 3 is 2.26 bits per heavy atom. The summed E-state index contributed by atoms with van der Waals surface area (Å²) in [6.07, 6.45) is 0.142. The van der Waals surface area contributed by atoms with Gasteiger partial charge in [0, 0.05) is 18.5 Å². The molecule has 1 rings (SSSR count). The molecule has 0 spiro atoms. The van der Waals surface area contributed by atoms with Crippen LogP contribution in [0.2, 0.25) is 5.02 Å². The van der Waals surface area contributed by atoms with Crippen LogP contribution >= 0.6 is 11.6 Å². The number of rotatable bonds is 7. The minimum atomic E-state index is -0.474. The first-order valence-electron chi connectivity index (χ1n) is 7.71. The minimum Gasteiger partial charge on any atom is -0.349 e. The Kier molecular flexibility index (Phi) is 7.03. The quantitative estimate of drug-likeness (QED) is 0.713. The highest BCUT2D eigenvalue weighted by Gasteiger charge is 2.29. The van der Waals surface area contributed by atoms with Crippen LogP contribution < -0.4 is 16.4 Å². The Morgan fingerprint density at radius 2 is 1.83 bits per heavy atom. The lowest BCUT2D eigenvalue weighted by Gasteiger charge is -2.34. The van der Waals surface area contributed by atoms with E-state index in [0.29, 0.717) is 11.6 Å². The summed E-state index contributed by atoms with van der Waals surface area (Å²) in [5.41, 5.74) is 6.15. The molecule has 6 heteroatoms. The van der Waals surface area contributed by atoms with Crippen molar-refractivity contribution in [2.45, 2.75) is 45.7 Å². The fourth-order valence-electron chi connectivity index (χ4n) is 2.18. The maximum atomic E-state index is 12.4. The largest absolute Gasteiger partial charge is 0.349 e. The molecule has 128 valence electrons. The predicted octanol–water partition coefficient (Wildman–Crippen LogP) is 2.40. The van der Waals surface area contributed by atoms with Crippen LogP contribution in [0.3, 0.4) is 0 Å². The molecule has 0 radical (unpaired) electrons. The van der Waals surface area contributed by atoms with Crippen LogP contribution in [0.25, 0.3) is 0 Å². The molecule has 2 unspecified atom stereocenters. The van der Waals surface area contributed by atoms with Crippen LogP contribution in [-0.4, -0.2) is 23.9 Å². The maximum Gasteiger partial charge on any atom is 0.222 e. The number of carbonyl (C=O) groups excluding carboxylic acids is 2. The zero-order chi connectivity index (χ0) is 17.6. The molecule has 2 amide bonds. The SMILES string of the molecule is CC(=O)NC(CC(=O)NC(C)(CN)C(C)C)c1ccc(Cl)cc1. The summed E-state index contributed by atoms with van der Waals surface area (Å²) in [6, 6.07) is 6.68. The lowest BCUT2D eigenvalue weighted by molar-refractivity contribution is -0.124. The lowest BCUT2D eigenvalue weighted by Crippen LogP contribution is -2.55. The highest BCUT2D eigenvalue weighted by Crippen LogP contribution is 2.21. The number of hydrogen-bond acceptors (Lipinski definition) is 3. The van der Waals surface area contributed by atoms with E-state index < -0.39 is 11.6 Å². The van der Waals surface area contributed by atoms with E-state index in [1.807, 2.05) is 20.8 Å². The average Bonchev–Trinajstić information content (AvgIpc) is 2.46. The zero-order valence-corrected chi connectivity index (χ0v) is 14.9. The highest BCUT2D eigenvalue weighted by atomic mass is 35.5. The van der Waals surface area contributed by atoms with Crippen molar-refractivity contribution in [3.8, 4) is 0 Å². The standard InChI is InChI=1S/C17H26ClN3O2/c1-11(2)17(4,10-19)21-16(23)9-15(20-12(3)22)13-5-7-14(18)8-6-13/h5-8,11,15H,9-10,19H2,1-4H3,(H,20,22)(H,21,23). The second-order valence-electron chi connectivity index (χ2n) is 6.33. The summed E-state index contributed by atoms with van der Waals surface area (Å²) < 4.78 is 0. The number of nitrogens with one attached hydrogen (secondary N) is 2.